The van der Waals surface area contributed by atoms with Crippen molar-refractivity contribution in [3.63, 3.8) is 0 Å². The zero-order chi connectivity index (χ0) is 22.2. The summed E-state index contributed by atoms with van der Waals surface area (Å²) in [5.74, 6) is 0. The summed E-state index contributed by atoms with van der Waals surface area (Å²) in [4.78, 5) is 2.26. The average Bonchev–Trinajstić information content (AvgIpc) is 2.86. The van der Waals surface area contributed by atoms with Crippen molar-refractivity contribution in [3.8, 4) is 0 Å². The second-order valence-corrected chi connectivity index (χ2v) is 9.46. The standard InChI is InChI=1S/C28H32BrNO2/c29-26-17-15-25(16-18-26)28(31,30-20-8-3-9-21-30)19-10-22-32-27(23-11-4-1-5-12-23)24-13-6-2-7-14-24/h1-2,4-7,11-18,27,31H,3,8-10,19-22H2. The van der Waals surface area contributed by atoms with Crippen molar-refractivity contribution < 1.29 is 9.84 Å². The topological polar surface area (TPSA) is 32.7 Å². The van der Waals surface area contributed by atoms with Gasteiger partial charge >= 0.3 is 0 Å². The Bertz CT molecular complexity index is 903. The Hall–Kier alpha value is -1.98. The molecule has 0 amide bonds. The third-order valence-electron chi connectivity index (χ3n) is 6.34. The molecule has 0 radical (unpaired) electrons. The molecule has 1 atom stereocenters. The van der Waals surface area contributed by atoms with Crippen molar-refractivity contribution in [1.82, 2.24) is 4.90 Å². The lowest BCUT2D eigenvalue weighted by molar-refractivity contribution is -0.133. The van der Waals surface area contributed by atoms with Crippen molar-refractivity contribution in [2.24, 2.45) is 0 Å². The summed E-state index contributed by atoms with van der Waals surface area (Å²) in [6.45, 7) is 2.45. The Kier molecular flexibility index (Phi) is 8.15. The van der Waals surface area contributed by atoms with Gasteiger partial charge in [-0.3, -0.25) is 4.90 Å². The minimum absolute atomic E-state index is 0.104. The summed E-state index contributed by atoms with van der Waals surface area (Å²) >= 11 is 3.52. The molecule has 3 nitrogen and oxygen atoms in total. The van der Waals surface area contributed by atoms with Gasteiger partial charge in [-0.15, -0.1) is 0 Å². The number of rotatable bonds is 9. The number of halogens is 1. The second kappa shape index (κ2) is 11.2. The highest BCUT2D eigenvalue weighted by Gasteiger charge is 2.36. The van der Waals surface area contributed by atoms with Gasteiger partial charge in [-0.25, -0.2) is 0 Å². The zero-order valence-electron chi connectivity index (χ0n) is 18.5. The van der Waals surface area contributed by atoms with E-state index in [2.05, 4.69) is 69.4 Å². The number of hydrogen-bond donors (Lipinski definition) is 1. The number of likely N-dealkylation sites (tertiary alicyclic amines) is 1. The van der Waals surface area contributed by atoms with Gasteiger partial charge < -0.3 is 9.84 Å². The molecule has 0 spiro atoms. The van der Waals surface area contributed by atoms with Crippen LogP contribution in [0.3, 0.4) is 0 Å². The summed E-state index contributed by atoms with van der Waals surface area (Å²) in [6, 6.07) is 28.8. The van der Waals surface area contributed by atoms with Crippen LogP contribution in [-0.4, -0.2) is 29.7 Å². The smallest absolute Gasteiger partial charge is 0.144 e. The number of ether oxygens (including phenoxy) is 1. The van der Waals surface area contributed by atoms with Crippen molar-refractivity contribution in [2.45, 2.75) is 43.9 Å². The SMILES string of the molecule is OC(CCCOC(c1ccccc1)c1ccccc1)(c1ccc(Br)cc1)N1CCCCC1. The molecule has 32 heavy (non-hydrogen) atoms. The Morgan fingerprint density at radius 3 is 1.94 bits per heavy atom. The first-order valence-corrected chi connectivity index (χ1v) is 12.4. The molecule has 4 rings (SSSR count). The first-order valence-electron chi connectivity index (χ1n) is 11.6. The van der Waals surface area contributed by atoms with Gasteiger partial charge in [0.2, 0.25) is 0 Å². The van der Waals surface area contributed by atoms with E-state index in [1.54, 1.807) is 0 Å². The van der Waals surface area contributed by atoms with Crippen molar-refractivity contribution in [2.75, 3.05) is 19.7 Å². The van der Waals surface area contributed by atoms with Gasteiger partial charge in [-0.05, 0) is 54.5 Å². The third-order valence-corrected chi connectivity index (χ3v) is 6.87. The highest BCUT2D eigenvalue weighted by atomic mass is 79.9. The predicted octanol–water partition coefficient (Wildman–Crippen LogP) is 6.67. The fraction of sp³-hybridized carbons (Fsp3) is 0.357. The number of hydrogen-bond acceptors (Lipinski definition) is 3. The van der Waals surface area contributed by atoms with Crippen molar-refractivity contribution >= 4 is 15.9 Å². The molecule has 1 aliphatic heterocycles. The fourth-order valence-corrected chi connectivity index (χ4v) is 4.89. The molecule has 0 aliphatic carbocycles. The quantitative estimate of drug-likeness (QED) is 0.338. The summed E-state index contributed by atoms with van der Waals surface area (Å²) < 4.78 is 7.44. The molecular weight excluding hydrogens is 462 g/mol. The lowest BCUT2D eigenvalue weighted by atomic mass is 9.93. The fourth-order valence-electron chi connectivity index (χ4n) is 4.63. The summed E-state index contributed by atoms with van der Waals surface area (Å²) in [6.07, 6.45) is 4.84. The van der Waals surface area contributed by atoms with Crippen LogP contribution in [0, 0.1) is 0 Å². The largest absolute Gasteiger partial charge is 0.371 e. The van der Waals surface area contributed by atoms with Crippen LogP contribution in [-0.2, 0) is 10.5 Å². The van der Waals surface area contributed by atoms with Gasteiger partial charge in [-0.1, -0.05) is 95.1 Å². The molecule has 1 heterocycles. The Morgan fingerprint density at radius 2 is 1.38 bits per heavy atom. The van der Waals surface area contributed by atoms with E-state index in [4.69, 9.17) is 4.74 Å². The monoisotopic (exact) mass is 493 g/mol. The number of benzene rings is 3. The van der Waals surface area contributed by atoms with Crippen molar-refractivity contribution in [3.05, 3.63) is 106 Å². The van der Waals surface area contributed by atoms with Gasteiger partial charge in [0.1, 0.15) is 11.8 Å². The molecule has 3 aromatic carbocycles. The Balaban J connectivity index is 1.46. The molecule has 1 unspecified atom stereocenters. The van der Waals surface area contributed by atoms with E-state index in [1.165, 1.54) is 6.42 Å². The molecule has 3 aromatic rings. The van der Waals surface area contributed by atoms with Gasteiger partial charge in [0, 0.05) is 24.2 Å². The molecule has 0 bridgehead atoms. The maximum absolute atomic E-state index is 11.9. The first-order chi connectivity index (χ1) is 15.7. The van der Waals surface area contributed by atoms with Gasteiger partial charge in [0.25, 0.3) is 0 Å². The second-order valence-electron chi connectivity index (χ2n) is 8.55. The Morgan fingerprint density at radius 1 is 0.812 bits per heavy atom. The van der Waals surface area contributed by atoms with Crippen molar-refractivity contribution in [1.29, 1.82) is 0 Å². The van der Waals surface area contributed by atoms with E-state index in [9.17, 15) is 5.11 Å². The lowest BCUT2D eigenvalue weighted by Gasteiger charge is -2.42. The first kappa shape index (κ1) is 23.2. The van der Waals surface area contributed by atoms with E-state index in [0.29, 0.717) is 13.0 Å². The van der Waals surface area contributed by atoms with Crippen LogP contribution >= 0.6 is 15.9 Å². The molecule has 4 heteroatoms. The number of nitrogens with zero attached hydrogens (tertiary/aromatic N) is 1. The maximum Gasteiger partial charge on any atom is 0.144 e. The molecule has 1 N–H and O–H groups in total. The minimum Gasteiger partial charge on any atom is -0.371 e. The van der Waals surface area contributed by atoms with Crippen LogP contribution in [0.15, 0.2) is 89.4 Å². The minimum atomic E-state index is -0.959. The summed E-state index contributed by atoms with van der Waals surface area (Å²) in [5.41, 5.74) is 2.31. The molecule has 0 aromatic heterocycles. The summed E-state index contributed by atoms with van der Waals surface area (Å²) in [5, 5.41) is 11.9. The van der Waals surface area contributed by atoms with E-state index >= 15 is 0 Å². The Labute approximate surface area is 200 Å². The zero-order valence-corrected chi connectivity index (χ0v) is 20.1. The molecule has 1 aliphatic rings. The third kappa shape index (κ3) is 5.68. The van der Waals surface area contributed by atoms with E-state index < -0.39 is 5.72 Å². The van der Waals surface area contributed by atoms with Crippen LogP contribution in [0.2, 0.25) is 0 Å². The van der Waals surface area contributed by atoms with Gasteiger partial charge in [0.15, 0.2) is 0 Å². The van der Waals surface area contributed by atoms with Crippen LogP contribution in [0.1, 0.15) is 54.9 Å². The van der Waals surface area contributed by atoms with Gasteiger partial charge in [0.05, 0.1) is 0 Å². The average molecular weight is 494 g/mol. The van der Waals surface area contributed by atoms with Crippen LogP contribution < -0.4 is 0 Å². The lowest BCUT2D eigenvalue weighted by Crippen LogP contribution is -2.48. The van der Waals surface area contributed by atoms with Crippen LogP contribution in [0.5, 0.6) is 0 Å². The van der Waals surface area contributed by atoms with Gasteiger partial charge in [-0.2, -0.15) is 0 Å². The number of aliphatic hydroxyl groups is 1. The normalized spacial score (nSPS) is 16.7. The van der Waals surface area contributed by atoms with Crippen LogP contribution in [0.4, 0.5) is 0 Å². The summed E-state index contributed by atoms with van der Waals surface area (Å²) in [7, 11) is 0. The maximum atomic E-state index is 11.9. The predicted molar refractivity (Wildman–Crippen MR) is 133 cm³/mol. The molecule has 1 fully saturated rings. The molecular formula is C28H32BrNO2. The highest BCUT2D eigenvalue weighted by Crippen LogP contribution is 2.34. The molecule has 168 valence electrons. The highest BCUT2D eigenvalue weighted by molar-refractivity contribution is 9.10. The van der Waals surface area contributed by atoms with Crippen LogP contribution in [0.25, 0.3) is 0 Å². The van der Waals surface area contributed by atoms with E-state index in [-0.39, 0.29) is 6.10 Å². The van der Waals surface area contributed by atoms with E-state index in [0.717, 1.165) is 53.5 Å². The number of piperidine rings is 1. The molecule has 0 saturated carbocycles. The van der Waals surface area contributed by atoms with E-state index in [1.807, 2.05) is 36.4 Å². The molecule has 1 saturated heterocycles.